The second-order valence-electron chi connectivity index (χ2n) is 7.49. The van der Waals surface area contributed by atoms with Crippen molar-refractivity contribution in [3.63, 3.8) is 0 Å². The molecule has 0 radical (unpaired) electrons. The van der Waals surface area contributed by atoms with Crippen molar-refractivity contribution in [2.45, 2.75) is 56.4 Å². The highest BCUT2D eigenvalue weighted by Crippen LogP contribution is 2.23. The van der Waals surface area contributed by atoms with Gasteiger partial charge >= 0.3 is 0 Å². The average molecular weight is 401 g/mol. The fourth-order valence-corrected chi connectivity index (χ4v) is 4.72. The predicted molar refractivity (Wildman–Crippen MR) is 112 cm³/mol. The molecule has 2 aromatic rings. The molecule has 1 N–H and O–H groups in total. The number of rotatable bonds is 5. The Hall–Kier alpha value is -2.34. The summed E-state index contributed by atoms with van der Waals surface area (Å²) in [4.78, 5) is 12.8. The number of benzene rings is 2. The molecule has 150 valence electrons. The molecule has 3 rings (SSSR count). The van der Waals surface area contributed by atoms with Crippen molar-refractivity contribution < 1.29 is 13.2 Å². The molecule has 0 heterocycles. The number of aryl methyl sites for hydroxylation is 1. The zero-order valence-electron chi connectivity index (χ0n) is 16.5. The van der Waals surface area contributed by atoms with Crippen LogP contribution in [0, 0.1) is 6.92 Å². The van der Waals surface area contributed by atoms with Gasteiger partial charge in [0, 0.05) is 18.7 Å². The van der Waals surface area contributed by atoms with E-state index in [1.54, 1.807) is 48.5 Å². The highest BCUT2D eigenvalue weighted by atomic mass is 32.2. The van der Waals surface area contributed by atoms with Crippen molar-refractivity contribution in [2.24, 2.45) is 0 Å². The van der Waals surface area contributed by atoms with Gasteiger partial charge in [0.1, 0.15) is 0 Å². The predicted octanol–water partition coefficient (Wildman–Crippen LogP) is 4.27. The third kappa shape index (κ3) is 4.73. The summed E-state index contributed by atoms with van der Waals surface area (Å²) < 4.78 is 26.8. The zero-order chi connectivity index (χ0) is 20.1. The van der Waals surface area contributed by atoms with Crippen molar-refractivity contribution in [1.29, 1.82) is 0 Å². The first-order valence-electron chi connectivity index (χ1n) is 9.84. The molecule has 6 heteroatoms. The lowest BCUT2D eigenvalue weighted by molar-refractivity contribution is 0.0933. The largest absolute Gasteiger partial charge is 0.349 e. The number of amides is 1. The minimum Gasteiger partial charge on any atom is -0.349 e. The molecule has 1 aliphatic rings. The number of carbonyl (C=O) groups is 1. The number of hydrogen-bond donors (Lipinski definition) is 1. The van der Waals surface area contributed by atoms with E-state index in [0.29, 0.717) is 11.3 Å². The molecule has 1 aliphatic carbocycles. The van der Waals surface area contributed by atoms with E-state index in [-0.39, 0.29) is 16.8 Å². The first kappa shape index (κ1) is 20.4. The van der Waals surface area contributed by atoms with Crippen LogP contribution in [0.1, 0.15) is 54.4 Å². The summed E-state index contributed by atoms with van der Waals surface area (Å²) in [6, 6.07) is 13.7. The summed E-state index contributed by atoms with van der Waals surface area (Å²) in [6.07, 6.45) is 6.85. The van der Waals surface area contributed by atoms with E-state index in [2.05, 4.69) is 5.32 Å². The Morgan fingerprint density at radius 3 is 2.07 bits per heavy atom. The first-order chi connectivity index (χ1) is 13.4. The summed E-state index contributed by atoms with van der Waals surface area (Å²) in [5, 5.41) is 3.11. The maximum atomic E-state index is 12.8. The van der Waals surface area contributed by atoms with Gasteiger partial charge in [-0.2, -0.15) is 0 Å². The van der Waals surface area contributed by atoms with Crippen LogP contribution >= 0.6 is 0 Å². The lowest BCUT2D eigenvalue weighted by Crippen LogP contribution is -2.34. The Morgan fingerprint density at radius 1 is 0.929 bits per heavy atom. The van der Waals surface area contributed by atoms with Crippen LogP contribution in [0.4, 0.5) is 5.69 Å². The fourth-order valence-electron chi connectivity index (χ4n) is 3.52. The molecule has 0 unspecified atom stereocenters. The van der Waals surface area contributed by atoms with E-state index in [0.717, 1.165) is 31.2 Å². The maximum Gasteiger partial charge on any atom is 0.264 e. The number of nitrogens with one attached hydrogen (secondary N) is 1. The Kier molecular flexibility index (Phi) is 6.39. The van der Waals surface area contributed by atoms with Gasteiger partial charge in [0.15, 0.2) is 0 Å². The van der Waals surface area contributed by atoms with Gasteiger partial charge in [-0.1, -0.05) is 43.4 Å². The zero-order valence-corrected chi connectivity index (χ0v) is 17.3. The van der Waals surface area contributed by atoms with Gasteiger partial charge in [0.25, 0.3) is 15.9 Å². The highest BCUT2D eigenvalue weighted by molar-refractivity contribution is 7.92. The van der Waals surface area contributed by atoms with Crippen LogP contribution in [0.15, 0.2) is 53.4 Å². The molecule has 1 fully saturated rings. The third-order valence-corrected chi connectivity index (χ3v) is 7.16. The Morgan fingerprint density at radius 2 is 1.50 bits per heavy atom. The van der Waals surface area contributed by atoms with Crippen LogP contribution < -0.4 is 9.62 Å². The van der Waals surface area contributed by atoms with Crippen molar-refractivity contribution in [1.82, 2.24) is 5.32 Å². The van der Waals surface area contributed by atoms with Crippen LogP contribution in [0.5, 0.6) is 0 Å². The molecule has 0 aliphatic heterocycles. The normalized spacial score (nSPS) is 15.6. The van der Waals surface area contributed by atoms with Crippen LogP contribution in [0.2, 0.25) is 0 Å². The summed E-state index contributed by atoms with van der Waals surface area (Å²) in [5.74, 6) is -0.0949. The van der Waals surface area contributed by atoms with Crippen LogP contribution in [-0.2, 0) is 10.0 Å². The fraction of sp³-hybridized carbons (Fsp3) is 0.409. The second-order valence-corrected chi connectivity index (χ2v) is 9.46. The molecule has 0 atom stereocenters. The summed E-state index contributed by atoms with van der Waals surface area (Å²) in [5.41, 5.74) is 2.08. The molecule has 0 saturated heterocycles. The van der Waals surface area contributed by atoms with E-state index in [1.165, 1.54) is 24.2 Å². The lowest BCUT2D eigenvalue weighted by atomic mass is 10.1. The summed E-state index contributed by atoms with van der Waals surface area (Å²) in [7, 11) is -2.11. The van der Waals surface area contributed by atoms with Crippen molar-refractivity contribution >= 4 is 21.6 Å². The van der Waals surface area contributed by atoms with Gasteiger partial charge in [-0.3, -0.25) is 9.10 Å². The smallest absolute Gasteiger partial charge is 0.264 e. The average Bonchev–Trinajstić information content (AvgIpc) is 2.96. The number of nitrogens with zero attached hydrogens (tertiary/aromatic N) is 1. The minimum absolute atomic E-state index is 0.0949. The van der Waals surface area contributed by atoms with Gasteiger partial charge in [-0.25, -0.2) is 8.42 Å². The summed E-state index contributed by atoms with van der Waals surface area (Å²) in [6.45, 7) is 1.92. The Labute approximate surface area is 167 Å². The van der Waals surface area contributed by atoms with Gasteiger partial charge in [-0.05, 0) is 56.2 Å². The molecule has 5 nitrogen and oxygen atoms in total. The molecule has 1 amide bonds. The number of carbonyl (C=O) groups excluding carboxylic acids is 1. The monoisotopic (exact) mass is 400 g/mol. The highest BCUT2D eigenvalue weighted by Gasteiger charge is 2.22. The van der Waals surface area contributed by atoms with Crippen molar-refractivity contribution in [3.05, 3.63) is 59.7 Å². The van der Waals surface area contributed by atoms with E-state index in [9.17, 15) is 13.2 Å². The molecular formula is C22H28N2O3S. The van der Waals surface area contributed by atoms with Crippen molar-refractivity contribution in [3.8, 4) is 0 Å². The first-order valence-corrected chi connectivity index (χ1v) is 11.3. The molecule has 1 saturated carbocycles. The van der Waals surface area contributed by atoms with E-state index >= 15 is 0 Å². The van der Waals surface area contributed by atoms with Crippen LogP contribution in [-0.4, -0.2) is 27.4 Å². The molecule has 0 spiro atoms. The van der Waals surface area contributed by atoms with Crippen molar-refractivity contribution in [2.75, 3.05) is 11.4 Å². The standard InChI is InChI=1S/C22H28N2O3S/c1-17-9-15-21(16-10-17)28(26,27)24(2)20-13-11-18(12-14-20)22(25)23-19-7-5-3-4-6-8-19/h9-16,19H,3-8H2,1-2H3,(H,23,25). The topological polar surface area (TPSA) is 66.5 Å². The van der Waals surface area contributed by atoms with Gasteiger partial charge in [0.05, 0.1) is 10.6 Å². The second kappa shape index (κ2) is 8.78. The summed E-state index contributed by atoms with van der Waals surface area (Å²) >= 11 is 0. The SMILES string of the molecule is Cc1ccc(S(=O)(=O)N(C)c2ccc(C(=O)NC3CCCCCC3)cc2)cc1. The van der Waals surface area contributed by atoms with Gasteiger partial charge in [-0.15, -0.1) is 0 Å². The van der Waals surface area contributed by atoms with E-state index in [1.807, 2.05) is 6.92 Å². The van der Waals surface area contributed by atoms with Gasteiger partial charge < -0.3 is 5.32 Å². The van der Waals surface area contributed by atoms with Crippen LogP contribution in [0.25, 0.3) is 0 Å². The molecule has 2 aromatic carbocycles. The quantitative estimate of drug-likeness (QED) is 0.762. The molecule has 28 heavy (non-hydrogen) atoms. The van der Waals surface area contributed by atoms with Crippen LogP contribution in [0.3, 0.4) is 0 Å². The molecular weight excluding hydrogens is 372 g/mol. The van der Waals surface area contributed by atoms with Gasteiger partial charge in [0.2, 0.25) is 0 Å². The third-order valence-electron chi connectivity index (χ3n) is 5.36. The lowest BCUT2D eigenvalue weighted by Gasteiger charge is -2.20. The van der Waals surface area contributed by atoms with E-state index < -0.39 is 10.0 Å². The van der Waals surface area contributed by atoms with E-state index in [4.69, 9.17) is 0 Å². The Bertz CT molecular complexity index is 898. The number of anilines is 1. The maximum absolute atomic E-state index is 12.8. The minimum atomic E-state index is -3.64. The number of sulfonamides is 1. The Balaban J connectivity index is 1.70. The molecule has 0 aromatic heterocycles. The molecule has 0 bridgehead atoms. The number of hydrogen-bond acceptors (Lipinski definition) is 3.